The Hall–Kier alpha value is -2.91. The first-order valence-electron chi connectivity index (χ1n) is 9.52. The number of benzene rings is 2. The smallest absolute Gasteiger partial charge is 0.234 e. The lowest BCUT2D eigenvalue weighted by Crippen LogP contribution is -2.18. The number of aromatic nitrogens is 3. The van der Waals surface area contributed by atoms with Gasteiger partial charge in [-0.3, -0.25) is 9.59 Å². The first-order chi connectivity index (χ1) is 14.9. The molecular formula is C21H21ClFN5O2S. The number of anilines is 2. The van der Waals surface area contributed by atoms with Crippen molar-refractivity contribution < 1.29 is 14.0 Å². The van der Waals surface area contributed by atoms with Gasteiger partial charge in [-0.1, -0.05) is 29.4 Å². The molecule has 0 aliphatic rings. The number of carbonyl (C=O) groups is 2. The van der Waals surface area contributed by atoms with Crippen molar-refractivity contribution in [3.8, 4) is 0 Å². The van der Waals surface area contributed by atoms with Gasteiger partial charge in [-0.25, -0.2) is 4.39 Å². The van der Waals surface area contributed by atoms with Gasteiger partial charge in [-0.05, 0) is 55.8 Å². The fourth-order valence-corrected chi connectivity index (χ4v) is 3.76. The van der Waals surface area contributed by atoms with Crippen molar-refractivity contribution in [2.24, 2.45) is 0 Å². The molecular weight excluding hydrogens is 441 g/mol. The first kappa shape index (κ1) is 22.8. The highest BCUT2D eigenvalue weighted by atomic mass is 35.5. The molecule has 10 heteroatoms. The number of rotatable bonds is 8. The summed E-state index contributed by atoms with van der Waals surface area (Å²) in [5, 5.41) is 14.8. The van der Waals surface area contributed by atoms with Crippen LogP contribution in [0.25, 0.3) is 0 Å². The zero-order chi connectivity index (χ0) is 22.4. The van der Waals surface area contributed by atoms with Crippen LogP contribution in [0.4, 0.5) is 15.8 Å². The van der Waals surface area contributed by atoms with Crippen LogP contribution in [0.3, 0.4) is 0 Å². The van der Waals surface area contributed by atoms with E-state index in [1.165, 1.54) is 36.0 Å². The topological polar surface area (TPSA) is 88.9 Å². The van der Waals surface area contributed by atoms with Crippen LogP contribution < -0.4 is 10.6 Å². The van der Waals surface area contributed by atoms with Crippen molar-refractivity contribution in [1.82, 2.24) is 14.8 Å². The molecule has 0 bridgehead atoms. The van der Waals surface area contributed by atoms with Gasteiger partial charge in [0.05, 0.1) is 12.2 Å². The average molecular weight is 462 g/mol. The van der Waals surface area contributed by atoms with Crippen molar-refractivity contribution in [1.29, 1.82) is 0 Å². The molecule has 0 unspecified atom stereocenters. The summed E-state index contributed by atoms with van der Waals surface area (Å²) in [6, 6.07) is 10.8. The Morgan fingerprint density at radius 2 is 1.74 bits per heavy atom. The Kier molecular flexibility index (Phi) is 7.64. The zero-order valence-electron chi connectivity index (χ0n) is 17.0. The lowest BCUT2D eigenvalue weighted by molar-refractivity contribution is -0.116. The average Bonchev–Trinajstić information content (AvgIpc) is 3.12. The number of amides is 2. The maximum absolute atomic E-state index is 13.0. The molecule has 0 radical (unpaired) electrons. The fraction of sp³-hybridized carbons (Fsp3) is 0.238. The van der Waals surface area contributed by atoms with Gasteiger partial charge in [0.15, 0.2) is 5.16 Å². The largest absolute Gasteiger partial charge is 0.326 e. The predicted octanol–water partition coefficient (Wildman–Crippen LogP) is 4.31. The molecule has 2 aromatic carbocycles. The number of nitrogens with zero attached hydrogens (tertiary/aromatic N) is 3. The first-order valence-corrected chi connectivity index (χ1v) is 10.9. The number of nitrogens with one attached hydrogen (secondary N) is 2. The predicted molar refractivity (Wildman–Crippen MR) is 120 cm³/mol. The summed E-state index contributed by atoms with van der Waals surface area (Å²) in [5.74, 6) is -0.264. The molecule has 3 aromatic rings. The molecule has 0 atom stereocenters. The van der Waals surface area contributed by atoms with Crippen LogP contribution in [0.15, 0.2) is 47.6 Å². The number of thioether (sulfide) groups is 1. The maximum Gasteiger partial charge on any atom is 0.234 e. The number of hydrogen-bond acceptors (Lipinski definition) is 5. The Bertz CT molecular complexity index is 1090. The van der Waals surface area contributed by atoms with Gasteiger partial charge in [0.2, 0.25) is 11.8 Å². The summed E-state index contributed by atoms with van der Waals surface area (Å²) in [6.45, 7) is 4.35. The lowest BCUT2D eigenvalue weighted by Gasteiger charge is -2.09. The van der Waals surface area contributed by atoms with Gasteiger partial charge in [0.25, 0.3) is 0 Å². The lowest BCUT2D eigenvalue weighted by atomic mass is 10.2. The summed E-state index contributed by atoms with van der Waals surface area (Å²) in [5.41, 5.74) is 2.04. The Balaban J connectivity index is 1.58. The van der Waals surface area contributed by atoms with Crippen molar-refractivity contribution in [3.05, 3.63) is 64.7 Å². The van der Waals surface area contributed by atoms with Gasteiger partial charge in [-0.2, -0.15) is 0 Å². The van der Waals surface area contributed by atoms with E-state index < -0.39 is 0 Å². The van der Waals surface area contributed by atoms with E-state index in [9.17, 15) is 14.0 Å². The maximum atomic E-state index is 13.0. The minimum atomic E-state index is -0.370. The molecule has 162 valence electrons. The van der Waals surface area contributed by atoms with E-state index in [0.717, 1.165) is 5.56 Å². The highest BCUT2D eigenvalue weighted by molar-refractivity contribution is 7.99. The molecule has 2 N–H and O–H groups in total. The minimum Gasteiger partial charge on any atom is -0.326 e. The molecule has 2 amide bonds. The minimum absolute atomic E-state index is 0.0364. The van der Waals surface area contributed by atoms with Gasteiger partial charge >= 0.3 is 0 Å². The standard InChI is InChI=1S/C21H21ClFN5O2S/c1-3-28-18(11-19(29)25-16-7-4-13(2)17(22)10-16)26-27-21(28)31-12-20(30)24-15-8-5-14(23)6-9-15/h4-10H,3,11-12H2,1-2H3,(H,24,30)(H,25,29). The van der Waals surface area contributed by atoms with Crippen molar-refractivity contribution >= 4 is 46.6 Å². The molecule has 31 heavy (non-hydrogen) atoms. The normalized spacial score (nSPS) is 10.7. The van der Waals surface area contributed by atoms with E-state index in [0.29, 0.717) is 33.9 Å². The molecule has 0 spiro atoms. The van der Waals surface area contributed by atoms with E-state index in [-0.39, 0.29) is 29.8 Å². The summed E-state index contributed by atoms with van der Waals surface area (Å²) in [6.07, 6.45) is 0.0364. The third kappa shape index (κ3) is 6.28. The third-order valence-electron chi connectivity index (χ3n) is 4.34. The van der Waals surface area contributed by atoms with Gasteiger partial charge in [-0.15, -0.1) is 10.2 Å². The van der Waals surface area contributed by atoms with Crippen LogP contribution in [0.1, 0.15) is 18.3 Å². The fourth-order valence-electron chi connectivity index (χ4n) is 2.75. The molecule has 1 heterocycles. The number of aryl methyl sites for hydroxylation is 1. The molecule has 3 rings (SSSR count). The molecule has 0 saturated carbocycles. The van der Waals surface area contributed by atoms with E-state index in [1.54, 1.807) is 16.7 Å². The molecule has 0 aliphatic carbocycles. The third-order valence-corrected chi connectivity index (χ3v) is 5.72. The SMILES string of the molecule is CCn1c(CC(=O)Nc2ccc(C)c(Cl)c2)nnc1SCC(=O)Nc1ccc(F)cc1. The van der Waals surface area contributed by atoms with Crippen LogP contribution in [-0.4, -0.2) is 32.3 Å². The van der Waals surface area contributed by atoms with Crippen LogP contribution in [0, 0.1) is 12.7 Å². The van der Waals surface area contributed by atoms with Gasteiger partial charge in [0.1, 0.15) is 11.6 Å². The Labute approximate surface area is 188 Å². The van der Waals surface area contributed by atoms with Crippen LogP contribution >= 0.6 is 23.4 Å². The second-order valence-corrected chi connectivity index (χ2v) is 8.03. The number of hydrogen-bond donors (Lipinski definition) is 2. The summed E-state index contributed by atoms with van der Waals surface area (Å²) >= 11 is 7.31. The van der Waals surface area contributed by atoms with Gasteiger partial charge in [0, 0.05) is 22.9 Å². The van der Waals surface area contributed by atoms with Crippen LogP contribution in [0.2, 0.25) is 5.02 Å². The monoisotopic (exact) mass is 461 g/mol. The molecule has 0 fully saturated rings. The second kappa shape index (κ2) is 10.4. The van der Waals surface area contributed by atoms with Crippen LogP contribution in [0.5, 0.6) is 0 Å². The molecule has 0 saturated heterocycles. The van der Waals surface area contributed by atoms with Crippen molar-refractivity contribution in [2.75, 3.05) is 16.4 Å². The van der Waals surface area contributed by atoms with E-state index in [1.807, 2.05) is 19.9 Å². The molecule has 7 nitrogen and oxygen atoms in total. The van der Waals surface area contributed by atoms with Crippen molar-refractivity contribution in [2.45, 2.75) is 32.0 Å². The van der Waals surface area contributed by atoms with E-state index in [2.05, 4.69) is 20.8 Å². The Morgan fingerprint density at radius 1 is 1.06 bits per heavy atom. The Morgan fingerprint density at radius 3 is 2.42 bits per heavy atom. The highest BCUT2D eigenvalue weighted by Gasteiger charge is 2.16. The highest BCUT2D eigenvalue weighted by Crippen LogP contribution is 2.21. The summed E-state index contributed by atoms with van der Waals surface area (Å²) < 4.78 is 14.7. The van der Waals surface area contributed by atoms with E-state index in [4.69, 9.17) is 11.6 Å². The zero-order valence-corrected chi connectivity index (χ0v) is 18.6. The van der Waals surface area contributed by atoms with Crippen LogP contribution in [-0.2, 0) is 22.6 Å². The molecule has 0 aliphatic heterocycles. The quantitative estimate of drug-likeness (QED) is 0.488. The number of halogens is 2. The molecule has 1 aromatic heterocycles. The van der Waals surface area contributed by atoms with Crippen molar-refractivity contribution in [3.63, 3.8) is 0 Å². The number of carbonyl (C=O) groups excluding carboxylic acids is 2. The summed E-state index contributed by atoms with van der Waals surface area (Å²) in [7, 11) is 0. The second-order valence-electron chi connectivity index (χ2n) is 6.68. The van der Waals surface area contributed by atoms with E-state index >= 15 is 0 Å². The van der Waals surface area contributed by atoms with Gasteiger partial charge < -0.3 is 15.2 Å². The summed E-state index contributed by atoms with van der Waals surface area (Å²) in [4.78, 5) is 24.6.